The van der Waals surface area contributed by atoms with Crippen molar-refractivity contribution >= 4 is 11.9 Å². The number of anilines is 2. The summed E-state index contributed by atoms with van der Waals surface area (Å²) >= 11 is 0. The maximum atomic E-state index is 5.88. The van der Waals surface area contributed by atoms with E-state index in [9.17, 15) is 0 Å². The van der Waals surface area contributed by atoms with E-state index in [0.29, 0.717) is 5.95 Å². The van der Waals surface area contributed by atoms with Crippen LogP contribution in [0.3, 0.4) is 0 Å². The number of aromatic nitrogens is 3. The number of rotatable bonds is 4. The maximum Gasteiger partial charge on any atom is 0.241 e. The maximum absolute atomic E-state index is 5.88. The van der Waals surface area contributed by atoms with Gasteiger partial charge in [-0.1, -0.05) is 49.4 Å². The molecule has 134 valence electrons. The lowest BCUT2D eigenvalue weighted by Gasteiger charge is -2.32. The van der Waals surface area contributed by atoms with Crippen LogP contribution in [0.5, 0.6) is 5.75 Å². The van der Waals surface area contributed by atoms with Gasteiger partial charge in [-0.05, 0) is 30.0 Å². The lowest BCUT2D eigenvalue weighted by Crippen LogP contribution is -2.28. The standard InChI is InChI=1S/C20H23N5O/c1-3-13-8-10-14(11-9-13)16-12-17(15-6-4-5-7-18(15)26-2)25-20(22-16)23-19(21)24-25/h4-11,16-17H,3,12H2,1-2H3,(H3,21,22,23,24). The Balaban J connectivity index is 1.75. The third kappa shape index (κ3) is 2.87. The molecule has 2 aromatic carbocycles. The van der Waals surface area contributed by atoms with Crippen LogP contribution < -0.4 is 15.8 Å². The quantitative estimate of drug-likeness (QED) is 0.753. The molecule has 26 heavy (non-hydrogen) atoms. The highest BCUT2D eigenvalue weighted by atomic mass is 16.5. The molecule has 0 radical (unpaired) electrons. The molecular formula is C20H23N5O. The molecule has 0 amide bonds. The summed E-state index contributed by atoms with van der Waals surface area (Å²) < 4.78 is 7.44. The van der Waals surface area contributed by atoms with Gasteiger partial charge in [0.25, 0.3) is 0 Å². The number of hydrogen-bond acceptors (Lipinski definition) is 5. The van der Waals surface area contributed by atoms with Gasteiger partial charge < -0.3 is 15.8 Å². The molecule has 3 N–H and O–H groups in total. The van der Waals surface area contributed by atoms with Gasteiger partial charge in [0.05, 0.1) is 19.2 Å². The average Bonchev–Trinajstić information content (AvgIpc) is 3.07. The number of aryl methyl sites for hydroxylation is 1. The molecule has 1 aromatic heterocycles. The third-order valence-electron chi connectivity index (χ3n) is 4.99. The molecule has 0 aliphatic carbocycles. The van der Waals surface area contributed by atoms with Crippen LogP contribution in [-0.2, 0) is 6.42 Å². The predicted octanol–water partition coefficient (Wildman–Crippen LogP) is 3.58. The van der Waals surface area contributed by atoms with Gasteiger partial charge >= 0.3 is 0 Å². The summed E-state index contributed by atoms with van der Waals surface area (Å²) in [7, 11) is 1.69. The SMILES string of the molecule is CCc1ccc(C2CC(c3ccccc3OC)n3nc(N)nc3N2)cc1. The van der Waals surface area contributed by atoms with Crippen LogP contribution in [0.1, 0.15) is 42.1 Å². The van der Waals surface area contributed by atoms with Crippen LogP contribution in [0.15, 0.2) is 48.5 Å². The van der Waals surface area contributed by atoms with Gasteiger partial charge in [-0.2, -0.15) is 4.98 Å². The van der Waals surface area contributed by atoms with E-state index in [1.807, 2.05) is 22.9 Å². The Morgan fingerprint density at radius 3 is 2.69 bits per heavy atom. The topological polar surface area (TPSA) is 78.0 Å². The smallest absolute Gasteiger partial charge is 0.241 e. The van der Waals surface area contributed by atoms with E-state index in [-0.39, 0.29) is 18.0 Å². The summed E-state index contributed by atoms with van der Waals surface area (Å²) in [6.45, 7) is 2.16. The zero-order chi connectivity index (χ0) is 18.1. The van der Waals surface area contributed by atoms with Gasteiger partial charge in [-0.25, -0.2) is 4.68 Å². The fourth-order valence-corrected chi connectivity index (χ4v) is 3.60. The fourth-order valence-electron chi connectivity index (χ4n) is 3.60. The first kappa shape index (κ1) is 16.4. The Bertz CT molecular complexity index is 903. The van der Waals surface area contributed by atoms with Gasteiger partial charge in [-0.15, -0.1) is 5.10 Å². The summed E-state index contributed by atoms with van der Waals surface area (Å²) in [6.07, 6.45) is 1.87. The number of nitrogens with two attached hydrogens (primary N) is 1. The minimum atomic E-state index is 0.00283. The van der Waals surface area contributed by atoms with Crippen molar-refractivity contribution in [3.63, 3.8) is 0 Å². The van der Waals surface area contributed by atoms with Crippen molar-refractivity contribution in [1.29, 1.82) is 0 Å². The minimum Gasteiger partial charge on any atom is -0.496 e. The second kappa shape index (κ2) is 6.71. The molecule has 2 unspecified atom stereocenters. The van der Waals surface area contributed by atoms with E-state index >= 15 is 0 Å². The molecule has 2 atom stereocenters. The molecule has 6 heteroatoms. The highest BCUT2D eigenvalue weighted by Crippen LogP contribution is 2.40. The van der Waals surface area contributed by atoms with E-state index in [2.05, 4.69) is 52.7 Å². The molecule has 6 nitrogen and oxygen atoms in total. The molecule has 0 spiro atoms. The highest BCUT2D eigenvalue weighted by Gasteiger charge is 2.32. The number of ether oxygens (including phenoxy) is 1. The number of para-hydroxylation sites is 1. The Morgan fingerprint density at radius 1 is 1.19 bits per heavy atom. The number of nitrogens with zero attached hydrogens (tertiary/aromatic N) is 3. The number of fused-ring (bicyclic) bond motifs is 1. The molecular weight excluding hydrogens is 326 g/mol. The predicted molar refractivity (Wildman–Crippen MR) is 102 cm³/mol. The van der Waals surface area contributed by atoms with Gasteiger partial charge in [0, 0.05) is 5.56 Å². The molecule has 0 saturated carbocycles. The summed E-state index contributed by atoms with van der Waals surface area (Å²) in [5, 5.41) is 7.88. The Morgan fingerprint density at radius 2 is 1.96 bits per heavy atom. The number of hydrogen-bond donors (Lipinski definition) is 2. The van der Waals surface area contributed by atoms with Crippen LogP contribution in [0.25, 0.3) is 0 Å². The van der Waals surface area contributed by atoms with Crippen LogP contribution in [0.4, 0.5) is 11.9 Å². The largest absolute Gasteiger partial charge is 0.496 e. The number of methoxy groups -OCH3 is 1. The monoisotopic (exact) mass is 349 g/mol. The second-order valence-corrected chi connectivity index (χ2v) is 6.52. The van der Waals surface area contributed by atoms with E-state index in [1.54, 1.807) is 7.11 Å². The van der Waals surface area contributed by atoms with Crippen LogP contribution >= 0.6 is 0 Å². The van der Waals surface area contributed by atoms with Crippen molar-refractivity contribution in [1.82, 2.24) is 14.8 Å². The summed E-state index contributed by atoms with van der Waals surface area (Å²) in [5.41, 5.74) is 9.52. The van der Waals surface area contributed by atoms with Crippen molar-refractivity contribution in [3.8, 4) is 5.75 Å². The lowest BCUT2D eigenvalue weighted by atomic mass is 9.92. The Labute approximate surface area is 153 Å². The summed E-state index contributed by atoms with van der Waals surface area (Å²) in [6, 6.07) is 16.9. The molecule has 1 aliphatic rings. The first-order valence-corrected chi connectivity index (χ1v) is 8.90. The Hall–Kier alpha value is -3.02. The molecule has 0 fully saturated rings. The summed E-state index contributed by atoms with van der Waals surface area (Å²) in [4.78, 5) is 4.37. The van der Waals surface area contributed by atoms with Gasteiger partial charge in [0.1, 0.15) is 5.75 Å². The van der Waals surface area contributed by atoms with Gasteiger partial charge in [0.2, 0.25) is 11.9 Å². The minimum absolute atomic E-state index is 0.00283. The van der Waals surface area contributed by atoms with E-state index in [0.717, 1.165) is 24.2 Å². The van der Waals surface area contributed by atoms with E-state index in [4.69, 9.17) is 10.5 Å². The molecule has 0 saturated heterocycles. The van der Waals surface area contributed by atoms with Crippen LogP contribution in [0.2, 0.25) is 0 Å². The number of benzene rings is 2. The van der Waals surface area contributed by atoms with Crippen LogP contribution in [0, 0.1) is 0 Å². The Kier molecular flexibility index (Phi) is 4.24. The van der Waals surface area contributed by atoms with Crippen molar-refractivity contribution in [2.75, 3.05) is 18.2 Å². The molecule has 2 heterocycles. The first-order chi connectivity index (χ1) is 12.7. The van der Waals surface area contributed by atoms with E-state index in [1.165, 1.54) is 11.1 Å². The summed E-state index contributed by atoms with van der Waals surface area (Å²) in [5.74, 6) is 1.81. The zero-order valence-electron chi connectivity index (χ0n) is 15.0. The van der Waals surface area contributed by atoms with Crippen molar-refractivity contribution in [2.24, 2.45) is 0 Å². The first-order valence-electron chi connectivity index (χ1n) is 8.90. The number of nitrogen functional groups attached to an aromatic ring is 1. The number of nitrogens with one attached hydrogen (secondary N) is 1. The second-order valence-electron chi connectivity index (χ2n) is 6.52. The molecule has 1 aliphatic heterocycles. The lowest BCUT2D eigenvalue weighted by molar-refractivity contribution is 0.380. The van der Waals surface area contributed by atoms with Crippen LogP contribution in [-0.4, -0.2) is 21.9 Å². The molecule has 3 aromatic rings. The average molecular weight is 349 g/mol. The molecule has 4 rings (SSSR count). The van der Waals surface area contributed by atoms with Crippen molar-refractivity contribution in [2.45, 2.75) is 31.8 Å². The van der Waals surface area contributed by atoms with Crippen molar-refractivity contribution in [3.05, 3.63) is 65.2 Å². The third-order valence-corrected chi connectivity index (χ3v) is 4.99. The highest BCUT2D eigenvalue weighted by molar-refractivity contribution is 5.45. The molecule has 0 bridgehead atoms. The van der Waals surface area contributed by atoms with Gasteiger partial charge in [0.15, 0.2) is 0 Å². The normalized spacial score (nSPS) is 18.8. The van der Waals surface area contributed by atoms with Gasteiger partial charge in [-0.3, -0.25) is 0 Å². The fraction of sp³-hybridized carbons (Fsp3) is 0.300. The van der Waals surface area contributed by atoms with E-state index < -0.39 is 0 Å². The zero-order valence-corrected chi connectivity index (χ0v) is 15.0. The van der Waals surface area contributed by atoms with Crippen molar-refractivity contribution < 1.29 is 4.74 Å².